The number of sulfonamides is 1. The second-order valence-corrected chi connectivity index (χ2v) is 8.64. The van der Waals surface area contributed by atoms with Crippen LogP contribution >= 0.6 is 0 Å². The van der Waals surface area contributed by atoms with E-state index in [4.69, 9.17) is 0 Å². The number of anilines is 1. The molecule has 0 bridgehead atoms. The highest BCUT2D eigenvalue weighted by atomic mass is 32.2. The minimum Gasteiger partial charge on any atom is -0.354 e. The first-order valence-corrected chi connectivity index (χ1v) is 10.6. The number of nitrogens with one attached hydrogen (secondary N) is 2. The average Bonchev–Trinajstić information content (AvgIpc) is 3.12. The van der Waals surface area contributed by atoms with Gasteiger partial charge in [0, 0.05) is 51.5 Å². The normalized spacial score (nSPS) is 21.1. The maximum Gasteiger partial charge on any atom is 0.242 e. The zero-order valence-electron chi connectivity index (χ0n) is 15.0. The molecule has 0 aliphatic carbocycles. The predicted molar refractivity (Wildman–Crippen MR) is 98.4 cm³/mol. The maximum absolute atomic E-state index is 12.5. The van der Waals surface area contributed by atoms with Gasteiger partial charge in [-0.1, -0.05) is 0 Å². The molecule has 148 valence electrons. The number of amides is 2. The third kappa shape index (κ3) is 5.13. The predicted octanol–water partition coefficient (Wildman–Crippen LogP) is -1.29. The van der Waals surface area contributed by atoms with E-state index >= 15 is 0 Å². The minimum atomic E-state index is -3.37. The molecule has 1 unspecified atom stereocenters. The molecule has 2 saturated heterocycles. The van der Waals surface area contributed by atoms with E-state index in [1.807, 2.05) is 4.90 Å². The summed E-state index contributed by atoms with van der Waals surface area (Å²) in [5.74, 6) is 0.204. The Bertz CT molecular complexity index is 764. The topological polar surface area (TPSA) is 125 Å². The van der Waals surface area contributed by atoms with Crippen LogP contribution in [0.3, 0.4) is 0 Å². The first kappa shape index (κ1) is 19.5. The molecule has 2 fully saturated rings. The van der Waals surface area contributed by atoms with Crippen LogP contribution in [0.5, 0.6) is 0 Å². The van der Waals surface area contributed by atoms with Crippen LogP contribution in [-0.4, -0.2) is 79.0 Å². The van der Waals surface area contributed by atoms with Crippen LogP contribution in [0.2, 0.25) is 0 Å². The molecular weight excluding hydrogens is 372 g/mol. The first-order valence-electron chi connectivity index (χ1n) is 9.02. The molecule has 3 rings (SSSR count). The molecule has 27 heavy (non-hydrogen) atoms. The third-order valence-electron chi connectivity index (χ3n) is 4.66. The monoisotopic (exact) mass is 396 g/mol. The average molecular weight is 396 g/mol. The van der Waals surface area contributed by atoms with Gasteiger partial charge in [0.15, 0.2) is 0 Å². The van der Waals surface area contributed by atoms with Gasteiger partial charge in [-0.15, -0.1) is 0 Å². The molecule has 1 aromatic heterocycles. The molecule has 3 heterocycles. The van der Waals surface area contributed by atoms with E-state index in [9.17, 15) is 18.0 Å². The van der Waals surface area contributed by atoms with Crippen molar-refractivity contribution in [2.24, 2.45) is 0 Å². The third-order valence-corrected chi connectivity index (χ3v) is 6.61. The Kier molecular flexibility index (Phi) is 6.22. The Morgan fingerprint density at radius 2 is 1.93 bits per heavy atom. The first-order chi connectivity index (χ1) is 13.0. The van der Waals surface area contributed by atoms with E-state index in [-0.39, 0.29) is 24.1 Å². The smallest absolute Gasteiger partial charge is 0.242 e. The summed E-state index contributed by atoms with van der Waals surface area (Å²) in [5.41, 5.74) is 0. The lowest BCUT2D eigenvalue weighted by Crippen LogP contribution is -2.50. The molecule has 0 aromatic carbocycles. The summed E-state index contributed by atoms with van der Waals surface area (Å²) in [5, 5.41) is 5.28. The van der Waals surface area contributed by atoms with Crippen molar-refractivity contribution in [3.63, 3.8) is 0 Å². The van der Waals surface area contributed by atoms with Gasteiger partial charge in [-0.05, 0) is 18.9 Å². The second-order valence-electron chi connectivity index (χ2n) is 6.55. The summed E-state index contributed by atoms with van der Waals surface area (Å²) in [7, 11) is -3.37. The lowest BCUT2D eigenvalue weighted by atomic mass is 10.2. The summed E-state index contributed by atoms with van der Waals surface area (Å²) in [4.78, 5) is 33.3. The van der Waals surface area contributed by atoms with Crippen molar-refractivity contribution in [1.82, 2.24) is 24.9 Å². The Hall–Kier alpha value is -2.27. The molecule has 1 atom stereocenters. The summed E-state index contributed by atoms with van der Waals surface area (Å²) in [6.07, 6.45) is 4.50. The van der Waals surface area contributed by atoms with E-state index in [0.717, 1.165) is 0 Å². The molecule has 0 radical (unpaired) electrons. The number of hydrogen-bond acceptors (Lipinski definition) is 7. The van der Waals surface area contributed by atoms with E-state index in [0.29, 0.717) is 51.4 Å². The number of carbonyl (C=O) groups excluding carboxylic acids is 2. The standard InChI is InChI=1S/C16H24N6O4S/c23-14-4-3-13(20-14)15(24)17-7-2-12-27(25,26)22-10-8-21(9-11-22)16-18-5-1-6-19-16/h1,5-6,13H,2-4,7-12H2,(H,17,24)(H,20,23). The minimum absolute atomic E-state index is 0.0217. The van der Waals surface area contributed by atoms with Gasteiger partial charge >= 0.3 is 0 Å². The van der Waals surface area contributed by atoms with Gasteiger partial charge in [-0.25, -0.2) is 18.4 Å². The lowest BCUT2D eigenvalue weighted by molar-refractivity contribution is -0.125. The molecule has 2 aliphatic rings. The Morgan fingerprint density at radius 3 is 2.56 bits per heavy atom. The fourth-order valence-electron chi connectivity index (χ4n) is 3.15. The van der Waals surface area contributed by atoms with Crippen LogP contribution in [0.25, 0.3) is 0 Å². The molecule has 0 spiro atoms. The summed E-state index contributed by atoms with van der Waals surface area (Å²) in [6.45, 7) is 2.13. The molecule has 11 heteroatoms. The van der Waals surface area contributed by atoms with E-state index in [1.54, 1.807) is 18.5 Å². The fraction of sp³-hybridized carbons (Fsp3) is 0.625. The zero-order valence-corrected chi connectivity index (χ0v) is 15.8. The largest absolute Gasteiger partial charge is 0.354 e. The zero-order chi connectivity index (χ0) is 19.3. The van der Waals surface area contributed by atoms with Crippen molar-refractivity contribution in [2.45, 2.75) is 25.3 Å². The van der Waals surface area contributed by atoms with Crippen molar-refractivity contribution in [1.29, 1.82) is 0 Å². The number of nitrogens with zero attached hydrogens (tertiary/aromatic N) is 4. The van der Waals surface area contributed by atoms with Crippen molar-refractivity contribution in [3.8, 4) is 0 Å². The lowest BCUT2D eigenvalue weighted by Gasteiger charge is -2.33. The van der Waals surface area contributed by atoms with Crippen LogP contribution in [0.4, 0.5) is 5.95 Å². The fourth-order valence-corrected chi connectivity index (χ4v) is 4.64. The van der Waals surface area contributed by atoms with Gasteiger partial charge in [0.25, 0.3) is 0 Å². The second kappa shape index (κ2) is 8.61. The summed E-state index contributed by atoms with van der Waals surface area (Å²) in [6, 6.07) is 1.24. The highest BCUT2D eigenvalue weighted by molar-refractivity contribution is 7.89. The van der Waals surface area contributed by atoms with E-state index in [1.165, 1.54) is 4.31 Å². The molecular formula is C16H24N6O4S. The van der Waals surface area contributed by atoms with E-state index in [2.05, 4.69) is 20.6 Å². The van der Waals surface area contributed by atoms with E-state index < -0.39 is 16.1 Å². The van der Waals surface area contributed by atoms with Gasteiger partial charge in [-0.2, -0.15) is 4.31 Å². The SMILES string of the molecule is O=C1CCC(C(=O)NCCCS(=O)(=O)N2CCN(c3ncccn3)CC2)N1. The molecule has 2 aliphatic heterocycles. The van der Waals surface area contributed by atoms with Crippen LogP contribution in [-0.2, 0) is 19.6 Å². The highest BCUT2D eigenvalue weighted by Crippen LogP contribution is 2.13. The number of hydrogen-bond donors (Lipinski definition) is 2. The van der Waals surface area contributed by atoms with Crippen LogP contribution in [0, 0.1) is 0 Å². The van der Waals surface area contributed by atoms with Crippen LogP contribution in [0.15, 0.2) is 18.5 Å². The number of rotatable bonds is 7. The Morgan fingerprint density at radius 1 is 1.22 bits per heavy atom. The summed E-state index contributed by atoms with van der Waals surface area (Å²) < 4.78 is 26.4. The van der Waals surface area contributed by atoms with Gasteiger partial charge in [-0.3, -0.25) is 9.59 Å². The molecule has 10 nitrogen and oxygen atoms in total. The molecule has 2 amide bonds. The van der Waals surface area contributed by atoms with Gasteiger partial charge < -0.3 is 15.5 Å². The Labute approximate surface area is 158 Å². The summed E-state index contributed by atoms with van der Waals surface area (Å²) >= 11 is 0. The highest BCUT2D eigenvalue weighted by Gasteiger charge is 2.28. The van der Waals surface area contributed by atoms with Gasteiger partial charge in [0.05, 0.1) is 5.75 Å². The maximum atomic E-state index is 12.5. The number of carbonyl (C=O) groups is 2. The molecule has 1 aromatic rings. The van der Waals surface area contributed by atoms with Crippen LogP contribution < -0.4 is 15.5 Å². The van der Waals surface area contributed by atoms with Gasteiger partial charge in [0.2, 0.25) is 27.8 Å². The van der Waals surface area contributed by atoms with Crippen molar-refractivity contribution in [3.05, 3.63) is 18.5 Å². The molecule has 0 saturated carbocycles. The quantitative estimate of drug-likeness (QED) is 0.550. The van der Waals surface area contributed by atoms with Crippen LogP contribution in [0.1, 0.15) is 19.3 Å². The number of aromatic nitrogens is 2. The van der Waals surface area contributed by atoms with Crippen molar-refractivity contribution < 1.29 is 18.0 Å². The van der Waals surface area contributed by atoms with Crippen molar-refractivity contribution in [2.75, 3.05) is 43.4 Å². The van der Waals surface area contributed by atoms with Gasteiger partial charge in [0.1, 0.15) is 6.04 Å². The Balaban J connectivity index is 1.39. The van der Waals surface area contributed by atoms with Crippen molar-refractivity contribution >= 4 is 27.8 Å². The number of piperazine rings is 1. The molecule has 2 N–H and O–H groups in total.